The predicted octanol–water partition coefficient (Wildman–Crippen LogP) is 2.53. The molecule has 25 heavy (non-hydrogen) atoms. The summed E-state index contributed by atoms with van der Waals surface area (Å²) in [6.07, 6.45) is 5.03. The van der Waals surface area contributed by atoms with Crippen molar-refractivity contribution in [2.24, 2.45) is 0 Å². The first-order valence-electron chi connectivity index (χ1n) is 7.66. The molecule has 0 fully saturated rings. The number of aryl methyl sites for hydroxylation is 1. The minimum Gasteiger partial charge on any atom is -0.441 e. The molecule has 5 aromatic rings. The number of aromatic nitrogens is 6. The van der Waals surface area contributed by atoms with E-state index in [1.165, 1.54) is 10.6 Å². The lowest BCUT2D eigenvalue weighted by Crippen LogP contribution is -2.14. The Morgan fingerprint density at radius 1 is 1.20 bits per heavy atom. The van der Waals surface area contributed by atoms with Crippen LogP contribution in [0.5, 0.6) is 0 Å². The second-order valence-corrected chi connectivity index (χ2v) is 5.77. The SMILES string of the molecule is Cc1cnc(-c2c[nH]n3c(=O)cc(-c4ccc5[nH]ncc5c4)nc23)o1. The van der Waals surface area contributed by atoms with Gasteiger partial charge in [-0.2, -0.15) is 5.10 Å². The lowest BCUT2D eigenvalue weighted by molar-refractivity contribution is 0.543. The Hall–Kier alpha value is -3.68. The molecular formula is C17H12N6O2. The van der Waals surface area contributed by atoms with Crippen LogP contribution in [0, 0.1) is 6.92 Å². The molecule has 0 spiro atoms. The molecule has 1 aromatic carbocycles. The third-order valence-electron chi connectivity index (χ3n) is 4.09. The molecule has 0 aliphatic heterocycles. The molecule has 4 heterocycles. The summed E-state index contributed by atoms with van der Waals surface area (Å²) >= 11 is 0. The van der Waals surface area contributed by atoms with Crippen LogP contribution in [0.4, 0.5) is 0 Å². The highest BCUT2D eigenvalue weighted by molar-refractivity contribution is 5.84. The zero-order valence-corrected chi connectivity index (χ0v) is 13.1. The van der Waals surface area contributed by atoms with E-state index in [-0.39, 0.29) is 5.56 Å². The molecule has 0 saturated carbocycles. The average Bonchev–Trinajstić information content (AvgIpc) is 3.32. The third kappa shape index (κ3) is 2.08. The molecule has 122 valence electrons. The summed E-state index contributed by atoms with van der Waals surface area (Å²) in [7, 11) is 0. The van der Waals surface area contributed by atoms with Crippen molar-refractivity contribution < 1.29 is 4.42 Å². The summed E-state index contributed by atoms with van der Waals surface area (Å²) < 4.78 is 6.94. The molecule has 0 aliphatic rings. The first-order valence-corrected chi connectivity index (χ1v) is 7.66. The summed E-state index contributed by atoms with van der Waals surface area (Å²) in [4.78, 5) is 21.3. The van der Waals surface area contributed by atoms with Gasteiger partial charge in [-0.3, -0.25) is 15.0 Å². The van der Waals surface area contributed by atoms with Gasteiger partial charge in [-0.05, 0) is 19.1 Å². The first kappa shape index (κ1) is 13.7. The van der Waals surface area contributed by atoms with Crippen LogP contribution in [-0.2, 0) is 0 Å². The number of H-pyrrole nitrogens is 2. The second-order valence-electron chi connectivity index (χ2n) is 5.77. The molecule has 0 unspecified atom stereocenters. The summed E-state index contributed by atoms with van der Waals surface area (Å²) in [6, 6.07) is 7.26. The van der Waals surface area contributed by atoms with Crippen molar-refractivity contribution in [3.63, 3.8) is 0 Å². The Labute approximate surface area is 140 Å². The minimum atomic E-state index is -0.207. The number of aromatic amines is 2. The van der Waals surface area contributed by atoms with Crippen molar-refractivity contribution in [2.45, 2.75) is 6.92 Å². The fourth-order valence-electron chi connectivity index (χ4n) is 2.87. The number of oxazole rings is 1. The summed E-state index contributed by atoms with van der Waals surface area (Å²) in [5, 5.41) is 10.8. The van der Waals surface area contributed by atoms with E-state index in [0.29, 0.717) is 28.6 Å². The highest BCUT2D eigenvalue weighted by Crippen LogP contribution is 2.25. The number of rotatable bonds is 2. The fourth-order valence-corrected chi connectivity index (χ4v) is 2.87. The largest absolute Gasteiger partial charge is 0.441 e. The van der Waals surface area contributed by atoms with Gasteiger partial charge in [-0.1, -0.05) is 6.07 Å². The third-order valence-corrected chi connectivity index (χ3v) is 4.09. The van der Waals surface area contributed by atoms with Crippen LogP contribution >= 0.6 is 0 Å². The Balaban J connectivity index is 1.75. The van der Waals surface area contributed by atoms with E-state index in [1.807, 2.05) is 25.1 Å². The molecule has 2 N–H and O–H groups in total. The van der Waals surface area contributed by atoms with Crippen LogP contribution in [0.15, 0.2) is 52.1 Å². The van der Waals surface area contributed by atoms with Crippen LogP contribution in [-0.4, -0.2) is 29.8 Å². The molecule has 0 atom stereocenters. The number of hydrogen-bond acceptors (Lipinski definition) is 5. The van der Waals surface area contributed by atoms with Gasteiger partial charge < -0.3 is 4.42 Å². The zero-order valence-electron chi connectivity index (χ0n) is 13.1. The van der Waals surface area contributed by atoms with Gasteiger partial charge in [0.2, 0.25) is 5.89 Å². The lowest BCUT2D eigenvalue weighted by atomic mass is 10.1. The zero-order chi connectivity index (χ0) is 17.0. The molecule has 8 nitrogen and oxygen atoms in total. The Bertz CT molecular complexity index is 1290. The van der Waals surface area contributed by atoms with Crippen molar-refractivity contribution in [1.29, 1.82) is 0 Å². The highest BCUT2D eigenvalue weighted by Gasteiger charge is 2.15. The van der Waals surface area contributed by atoms with Crippen LogP contribution in [0.1, 0.15) is 5.76 Å². The molecule has 0 aliphatic carbocycles. The van der Waals surface area contributed by atoms with Gasteiger partial charge >= 0.3 is 0 Å². The summed E-state index contributed by atoms with van der Waals surface area (Å²) in [5.41, 5.74) is 3.25. The lowest BCUT2D eigenvalue weighted by Gasteiger charge is -2.02. The molecular weight excluding hydrogens is 320 g/mol. The van der Waals surface area contributed by atoms with Gasteiger partial charge in [-0.25, -0.2) is 14.5 Å². The number of hydrogen-bond donors (Lipinski definition) is 2. The fraction of sp³-hybridized carbons (Fsp3) is 0.0588. The van der Waals surface area contributed by atoms with Crippen LogP contribution < -0.4 is 5.56 Å². The quantitative estimate of drug-likeness (QED) is 0.517. The maximum Gasteiger partial charge on any atom is 0.273 e. The van der Waals surface area contributed by atoms with Gasteiger partial charge in [-0.15, -0.1) is 0 Å². The van der Waals surface area contributed by atoms with Crippen molar-refractivity contribution in [1.82, 2.24) is 29.8 Å². The van der Waals surface area contributed by atoms with E-state index >= 15 is 0 Å². The molecule has 0 amide bonds. The first-order chi connectivity index (χ1) is 12.2. The smallest absolute Gasteiger partial charge is 0.273 e. The predicted molar refractivity (Wildman–Crippen MR) is 91.1 cm³/mol. The van der Waals surface area contributed by atoms with Crippen LogP contribution in [0.3, 0.4) is 0 Å². The average molecular weight is 332 g/mol. The van der Waals surface area contributed by atoms with Crippen molar-refractivity contribution in [3.05, 3.63) is 59.0 Å². The van der Waals surface area contributed by atoms with Gasteiger partial charge in [0.05, 0.1) is 29.2 Å². The maximum atomic E-state index is 12.5. The van der Waals surface area contributed by atoms with Crippen LogP contribution in [0.2, 0.25) is 0 Å². The Morgan fingerprint density at radius 2 is 2.12 bits per heavy atom. The number of nitrogens with zero attached hydrogens (tertiary/aromatic N) is 4. The highest BCUT2D eigenvalue weighted by atomic mass is 16.4. The normalized spacial score (nSPS) is 11.6. The van der Waals surface area contributed by atoms with Crippen LogP contribution in [0.25, 0.3) is 39.3 Å². The van der Waals surface area contributed by atoms with E-state index in [1.54, 1.807) is 18.6 Å². The molecule has 0 radical (unpaired) electrons. The topological polar surface area (TPSA) is 105 Å². The van der Waals surface area contributed by atoms with Crippen molar-refractivity contribution in [2.75, 3.05) is 0 Å². The standard InChI is InChI=1S/C17H12N6O2/c1-9-6-18-17(25-9)12-8-20-23-15(24)5-14(21-16(12)23)10-2-3-13-11(4-10)7-19-22-13/h2-8,20H,1H3,(H,19,22). The molecule has 0 saturated heterocycles. The number of fused-ring (bicyclic) bond motifs is 2. The van der Waals surface area contributed by atoms with Gasteiger partial charge in [0.25, 0.3) is 5.56 Å². The van der Waals surface area contributed by atoms with E-state index < -0.39 is 0 Å². The summed E-state index contributed by atoms with van der Waals surface area (Å²) in [5.74, 6) is 1.11. The Kier molecular flexibility index (Phi) is 2.69. The number of nitrogens with one attached hydrogen (secondary N) is 2. The maximum absolute atomic E-state index is 12.5. The number of benzene rings is 1. The summed E-state index contributed by atoms with van der Waals surface area (Å²) in [6.45, 7) is 1.82. The van der Waals surface area contributed by atoms with E-state index in [0.717, 1.165) is 16.5 Å². The monoisotopic (exact) mass is 332 g/mol. The van der Waals surface area contributed by atoms with Crippen molar-refractivity contribution >= 4 is 16.6 Å². The van der Waals surface area contributed by atoms with E-state index in [2.05, 4.69) is 25.3 Å². The second kappa shape index (κ2) is 4.91. The Morgan fingerprint density at radius 3 is 2.96 bits per heavy atom. The molecule has 8 heteroatoms. The van der Waals surface area contributed by atoms with E-state index in [4.69, 9.17) is 4.42 Å². The molecule has 4 aromatic heterocycles. The van der Waals surface area contributed by atoms with Gasteiger partial charge in [0.1, 0.15) is 5.76 Å². The molecule has 0 bridgehead atoms. The van der Waals surface area contributed by atoms with Crippen molar-refractivity contribution in [3.8, 4) is 22.7 Å². The van der Waals surface area contributed by atoms with Gasteiger partial charge in [0, 0.05) is 23.2 Å². The van der Waals surface area contributed by atoms with E-state index in [9.17, 15) is 4.79 Å². The van der Waals surface area contributed by atoms with Gasteiger partial charge in [0.15, 0.2) is 5.65 Å². The molecule has 5 rings (SSSR count). The minimum absolute atomic E-state index is 0.207.